The smallest absolute Gasteiger partial charge is 0.130 e. The van der Waals surface area contributed by atoms with Gasteiger partial charge in [-0.05, 0) is 52.3 Å². The first-order valence-electron chi connectivity index (χ1n) is 9.29. The maximum atomic E-state index is 6.31. The second-order valence-electron chi connectivity index (χ2n) is 9.07. The number of halogens is 1. The standard InChI is InChI=1S/C24H27ClN2/c1-23(2,3)18-10-11-26-20(13-18)16-8-7-9-17(12-16)21-14-19(24(4,5)6)15-22(25)27-21/h7-15H,1-6H3. The van der Waals surface area contributed by atoms with Crippen LogP contribution in [0.25, 0.3) is 22.5 Å². The molecule has 0 fully saturated rings. The third-order valence-electron chi connectivity index (χ3n) is 4.74. The minimum atomic E-state index is 0.0154. The molecule has 0 saturated carbocycles. The molecule has 0 atom stereocenters. The summed E-state index contributed by atoms with van der Waals surface area (Å²) in [5.74, 6) is 0. The Balaban J connectivity index is 2.06. The maximum Gasteiger partial charge on any atom is 0.130 e. The highest BCUT2D eigenvalue weighted by atomic mass is 35.5. The van der Waals surface area contributed by atoms with Gasteiger partial charge in [0.2, 0.25) is 0 Å². The van der Waals surface area contributed by atoms with Gasteiger partial charge in [-0.25, -0.2) is 4.98 Å². The topological polar surface area (TPSA) is 25.8 Å². The van der Waals surface area contributed by atoms with E-state index in [0.29, 0.717) is 5.15 Å². The molecule has 3 rings (SSSR count). The number of nitrogens with zero attached hydrogens (tertiary/aromatic N) is 2. The molecule has 0 unspecified atom stereocenters. The van der Waals surface area contributed by atoms with Crippen molar-refractivity contribution < 1.29 is 0 Å². The lowest BCUT2D eigenvalue weighted by molar-refractivity contribution is 0.589. The van der Waals surface area contributed by atoms with Gasteiger partial charge < -0.3 is 0 Å². The number of hydrogen-bond acceptors (Lipinski definition) is 2. The number of aromatic nitrogens is 2. The number of pyridine rings is 2. The van der Waals surface area contributed by atoms with Crippen molar-refractivity contribution in [1.82, 2.24) is 9.97 Å². The van der Waals surface area contributed by atoms with E-state index in [4.69, 9.17) is 11.6 Å². The summed E-state index contributed by atoms with van der Waals surface area (Å²) in [6, 6.07) is 16.7. The van der Waals surface area contributed by atoms with Crippen molar-refractivity contribution in [2.45, 2.75) is 52.4 Å². The van der Waals surface area contributed by atoms with E-state index < -0.39 is 0 Å². The Morgan fingerprint density at radius 1 is 0.704 bits per heavy atom. The molecule has 2 aromatic heterocycles. The fraction of sp³-hybridized carbons (Fsp3) is 0.333. The lowest BCUT2D eigenvalue weighted by Crippen LogP contribution is -2.11. The van der Waals surface area contributed by atoms with Gasteiger partial charge in [-0.3, -0.25) is 4.98 Å². The summed E-state index contributed by atoms with van der Waals surface area (Å²) in [5, 5.41) is 0.524. The maximum absolute atomic E-state index is 6.31. The van der Waals surface area contributed by atoms with Crippen LogP contribution in [-0.4, -0.2) is 9.97 Å². The van der Waals surface area contributed by atoms with Crippen LogP contribution in [0.4, 0.5) is 0 Å². The van der Waals surface area contributed by atoms with Crippen LogP contribution in [0.3, 0.4) is 0 Å². The molecule has 0 bridgehead atoms. The first-order chi connectivity index (χ1) is 12.5. The normalized spacial score (nSPS) is 12.3. The Bertz CT molecular complexity index is 963. The van der Waals surface area contributed by atoms with Gasteiger partial charge in [0.1, 0.15) is 5.15 Å². The summed E-state index contributed by atoms with van der Waals surface area (Å²) in [6.45, 7) is 13.2. The van der Waals surface area contributed by atoms with Crippen molar-refractivity contribution in [3.63, 3.8) is 0 Å². The Labute approximate surface area is 167 Å². The quantitative estimate of drug-likeness (QED) is 0.446. The summed E-state index contributed by atoms with van der Waals surface area (Å²) < 4.78 is 0. The van der Waals surface area contributed by atoms with Gasteiger partial charge in [0, 0.05) is 17.3 Å². The third-order valence-corrected chi connectivity index (χ3v) is 4.93. The van der Waals surface area contributed by atoms with Crippen LogP contribution in [0.1, 0.15) is 52.7 Å². The van der Waals surface area contributed by atoms with Crippen molar-refractivity contribution in [2.24, 2.45) is 0 Å². The van der Waals surface area contributed by atoms with Gasteiger partial charge in [0.15, 0.2) is 0 Å². The zero-order chi connectivity index (χ0) is 19.8. The molecule has 0 spiro atoms. The van der Waals surface area contributed by atoms with Gasteiger partial charge in [0.05, 0.1) is 11.4 Å². The van der Waals surface area contributed by atoms with E-state index in [0.717, 1.165) is 22.5 Å². The van der Waals surface area contributed by atoms with Crippen LogP contribution in [-0.2, 0) is 10.8 Å². The van der Waals surface area contributed by atoms with Crippen LogP contribution >= 0.6 is 11.6 Å². The highest BCUT2D eigenvalue weighted by Gasteiger charge is 2.17. The summed E-state index contributed by atoms with van der Waals surface area (Å²) >= 11 is 6.31. The van der Waals surface area contributed by atoms with Crippen LogP contribution < -0.4 is 0 Å². The lowest BCUT2D eigenvalue weighted by atomic mass is 9.86. The summed E-state index contributed by atoms with van der Waals surface area (Å²) in [4.78, 5) is 9.14. The first-order valence-corrected chi connectivity index (χ1v) is 9.67. The molecule has 140 valence electrons. The van der Waals surface area contributed by atoms with Crippen molar-refractivity contribution in [1.29, 1.82) is 0 Å². The van der Waals surface area contributed by atoms with E-state index >= 15 is 0 Å². The molecule has 0 saturated heterocycles. The highest BCUT2D eigenvalue weighted by molar-refractivity contribution is 6.29. The second-order valence-corrected chi connectivity index (χ2v) is 9.46. The van der Waals surface area contributed by atoms with Gasteiger partial charge in [-0.1, -0.05) is 71.3 Å². The Morgan fingerprint density at radius 3 is 1.93 bits per heavy atom. The number of benzene rings is 1. The van der Waals surface area contributed by atoms with E-state index in [1.54, 1.807) is 0 Å². The van der Waals surface area contributed by atoms with Gasteiger partial charge in [-0.15, -0.1) is 0 Å². The molecule has 0 aliphatic heterocycles. The van der Waals surface area contributed by atoms with Crippen LogP contribution in [0.5, 0.6) is 0 Å². The molecule has 0 radical (unpaired) electrons. The fourth-order valence-electron chi connectivity index (χ4n) is 2.97. The van der Waals surface area contributed by atoms with E-state index in [9.17, 15) is 0 Å². The number of rotatable bonds is 2. The van der Waals surface area contributed by atoms with Crippen LogP contribution in [0, 0.1) is 0 Å². The zero-order valence-electron chi connectivity index (χ0n) is 17.0. The van der Waals surface area contributed by atoms with Gasteiger partial charge >= 0.3 is 0 Å². The van der Waals surface area contributed by atoms with Crippen LogP contribution in [0.2, 0.25) is 5.15 Å². The summed E-state index contributed by atoms with van der Waals surface area (Å²) in [5.41, 5.74) is 6.54. The molecule has 0 aliphatic carbocycles. The SMILES string of the molecule is CC(C)(C)c1ccnc(-c2cccc(-c3cc(C(C)(C)C)cc(Cl)n3)c2)c1. The van der Waals surface area contributed by atoms with Crippen LogP contribution in [0.15, 0.2) is 54.7 Å². The average molecular weight is 379 g/mol. The molecule has 27 heavy (non-hydrogen) atoms. The molecular weight excluding hydrogens is 352 g/mol. The molecule has 1 aromatic carbocycles. The molecule has 3 aromatic rings. The van der Waals surface area contributed by atoms with E-state index in [1.165, 1.54) is 11.1 Å². The Kier molecular flexibility index (Phi) is 5.14. The molecule has 3 heteroatoms. The lowest BCUT2D eigenvalue weighted by Gasteiger charge is -2.20. The molecule has 0 amide bonds. The predicted molar refractivity (Wildman–Crippen MR) is 115 cm³/mol. The second kappa shape index (κ2) is 7.09. The highest BCUT2D eigenvalue weighted by Crippen LogP contribution is 2.31. The molecule has 0 N–H and O–H groups in total. The third kappa shape index (κ3) is 4.56. The molecule has 2 heterocycles. The largest absolute Gasteiger partial charge is 0.256 e. The van der Waals surface area contributed by atoms with E-state index in [2.05, 4.69) is 94.0 Å². The van der Waals surface area contributed by atoms with Crippen molar-refractivity contribution >= 4 is 11.6 Å². The minimum Gasteiger partial charge on any atom is -0.256 e. The Hall–Kier alpha value is -2.19. The van der Waals surface area contributed by atoms with Gasteiger partial charge in [0.25, 0.3) is 0 Å². The zero-order valence-corrected chi connectivity index (χ0v) is 17.7. The van der Waals surface area contributed by atoms with Gasteiger partial charge in [-0.2, -0.15) is 0 Å². The fourth-order valence-corrected chi connectivity index (χ4v) is 3.18. The monoisotopic (exact) mass is 378 g/mol. The predicted octanol–water partition coefficient (Wildman–Crippen LogP) is 7.06. The molecular formula is C24H27ClN2. The van der Waals surface area contributed by atoms with Crippen molar-refractivity contribution in [3.8, 4) is 22.5 Å². The minimum absolute atomic E-state index is 0.0154. The average Bonchev–Trinajstić information content (AvgIpc) is 2.60. The van der Waals surface area contributed by atoms with E-state index in [-0.39, 0.29) is 10.8 Å². The van der Waals surface area contributed by atoms with E-state index in [1.807, 2.05) is 12.3 Å². The van der Waals surface area contributed by atoms with Crippen molar-refractivity contribution in [3.05, 3.63) is 71.0 Å². The first kappa shape index (κ1) is 19.6. The molecule has 2 nitrogen and oxygen atoms in total. The molecule has 0 aliphatic rings. The Morgan fingerprint density at radius 2 is 1.30 bits per heavy atom. The summed E-state index contributed by atoms with van der Waals surface area (Å²) in [6.07, 6.45) is 1.89. The number of hydrogen-bond donors (Lipinski definition) is 0. The summed E-state index contributed by atoms with van der Waals surface area (Å²) in [7, 11) is 0. The van der Waals surface area contributed by atoms with Crippen molar-refractivity contribution in [2.75, 3.05) is 0 Å².